The Hall–Kier alpha value is -1.60. The average molecular weight is 332 g/mol. The molecule has 0 aliphatic rings. The number of ether oxygens (including phenoxy) is 2. The molecule has 6 nitrogen and oxygen atoms in total. The van der Waals surface area contributed by atoms with Gasteiger partial charge in [0.05, 0.1) is 6.61 Å². The van der Waals surface area contributed by atoms with Gasteiger partial charge in [-0.2, -0.15) is 0 Å². The predicted molar refractivity (Wildman–Crippen MR) is 71.5 cm³/mol. The summed E-state index contributed by atoms with van der Waals surface area (Å²) in [5.41, 5.74) is 0.00731. The highest BCUT2D eigenvalue weighted by atomic mass is 79.9. The Morgan fingerprint density at radius 2 is 2.16 bits per heavy atom. The number of benzene rings is 1. The summed E-state index contributed by atoms with van der Waals surface area (Å²) < 4.78 is 10.7. The quantitative estimate of drug-likeness (QED) is 0.735. The van der Waals surface area contributed by atoms with E-state index in [1.54, 1.807) is 6.07 Å². The lowest BCUT2D eigenvalue weighted by molar-refractivity contribution is -0.123. The van der Waals surface area contributed by atoms with Crippen molar-refractivity contribution in [2.45, 2.75) is 0 Å². The van der Waals surface area contributed by atoms with E-state index in [0.717, 1.165) is 0 Å². The molecule has 1 amide bonds. The molecular weight excluding hydrogens is 318 g/mol. The minimum absolute atomic E-state index is 0.00731. The van der Waals surface area contributed by atoms with Crippen LogP contribution in [0.5, 0.6) is 5.75 Å². The second-order valence-corrected chi connectivity index (χ2v) is 4.49. The van der Waals surface area contributed by atoms with Crippen LogP contribution in [0.4, 0.5) is 0 Å². The Morgan fingerprint density at radius 3 is 2.79 bits per heavy atom. The smallest absolute Gasteiger partial charge is 0.339 e. The van der Waals surface area contributed by atoms with E-state index >= 15 is 0 Å². The van der Waals surface area contributed by atoms with Crippen molar-refractivity contribution < 1.29 is 24.2 Å². The van der Waals surface area contributed by atoms with E-state index in [1.165, 1.54) is 19.2 Å². The summed E-state index contributed by atoms with van der Waals surface area (Å²) in [6.07, 6.45) is 0. The van der Waals surface area contributed by atoms with E-state index < -0.39 is 5.97 Å². The molecule has 1 rings (SSSR count). The van der Waals surface area contributed by atoms with Gasteiger partial charge >= 0.3 is 5.97 Å². The highest BCUT2D eigenvalue weighted by molar-refractivity contribution is 9.10. The highest BCUT2D eigenvalue weighted by Gasteiger charge is 2.13. The first-order valence-electron chi connectivity index (χ1n) is 5.46. The van der Waals surface area contributed by atoms with Crippen LogP contribution in [0.2, 0.25) is 0 Å². The van der Waals surface area contributed by atoms with Gasteiger partial charge in [-0.25, -0.2) is 4.79 Å². The van der Waals surface area contributed by atoms with E-state index in [1.807, 2.05) is 0 Å². The Kier molecular flexibility index (Phi) is 6.31. The fourth-order valence-corrected chi connectivity index (χ4v) is 1.62. The van der Waals surface area contributed by atoms with Gasteiger partial charge in [0.25, 0.3) is 5.91 Å². The molecule has 0 radical (unpaired) electrons. The fraction of sp³-hybridized carbons (Fsp3) is 0.333. The molecule has 7 heteroatoms. The maximum Gasteiger partial charge on any atom is 0.339 e. The molecule has 0 fully saturated rings. The topological polar surface area (TPSA) is 84.9 Å². The Morgan fingerprint density at radius 1 is 1.42 bits per heavy atom. The maximum atomic E-state index is 11.4. The average Bonchev–Trinajstić information content (AvgIpc) is 2.36. The number of methoxy groups -OCH3 is 1. The molecule has 0 bridgehead atoms. The third-order valence-electron chi connectivity index (χ3n) is 2.16. The Balaban J connectivity index is 2.59. The largest absolute Gasteiger partial charge is 0.483 e. The predicted octanol–water partition coefficient (Wildman–Crippen LogP) is 1.29. The monoisotopic (exact) mass is 331 g/mol. The molecular formula is C12H14BrNO5. The zero-order valence-electron chi connectivity index (χ0n) is 10.3. The zero-order valence-corrected chi connectivity index (χ0v) is 11.9. The number of carboxylic acids is 1. The molecule has 1 aromatic carbocycles. The van der Waals surface area contributed by atoms with Crippen molar-refractivity contribution >= 4 is 27.8 Å². The molecule has 2 N–H and O–H groups in total. The number of amides is 1. The number of rotatable bonds is 7. The summed E-state index contributed by atoms with van der Waals surface area (Å²) >= 11 is 3.21. The van der Waals surface area contributed by atoms with Crippen LogP contribution in [0.3, 0.4) is 0 Å². The summed E-state index contributed by atoms with van der Waals surface area (Å²) in [5.74, 6) is -1.31. The number of carboxylic acid groups (broad SMARTS) is 1. The molecule has 0 unspecified atom stereocenters. The molecule has 0 saturated heterocycles. The van der Waals surface area contributed by atoms with Crippen LogP contribution in [0, 0.1) is 0 Å². The molecule has 1 aromatic rings. The van der Waals surface area contributed by atoms with E-state index in [-0.39, 0.29) is 23.8 Å². The summed E-state index contributed by atoms with van der Waals surface area (Å²) in [7, 11) is 1.53. The first kappa shape index (κ1) is 15.5. The Labute approximate surface area is 118 Å². The van der Waals surface area contributed by atoms with E-state index in [4.69, 9.17) is 14.6 Å². The van der Waals surface area contributed by atoms with Crippen molar-refractivity contribution in [3.05, 3.63) is 28.2 Å². The van der Waals surface area contributed by atoms with Crippen LogP contribution in [0.15, 0.2) is 22.7 Å². The van der Waals surface area contributed by atoms with Crippen LogP contribution in [-0.4, -0.2) is 43.9 Å². The lowest BCUT2D eigenvalue weighted by Gasteiger charge is -2.09. The van der Waals surface area contributed by atoms with Crippen molar-refractivity contribution in [1.29, 1.82) is 0 Å². The molecule has 0 saturated carbocycles. The minimum Gasteiger partial charge on any atom is -0.483 e. The molecule has 0 atom stereocenters. The molecule has 0 aliphatic heterocycles. The van der Waals surface area contributed by atoms with Crippen LogP contribution in [0.1, 0.15) is 10.4 Å². The first-order chi connectivity index (χ1) is 9.04. The van der Waals surface area contributed by atoms with Gasteiger partial charge in [-0.3, -0.25) is 4.79 Å². The molecule has 0 aromatic heterocycles. The summed E-state index contributed by atoms with van der Waals surface area (Å²) in [6, 6.07) is 4.51. The second-order valence-electron chi connectivity index (χ2n) is 3.58. The van der Waals surface area contributed by atoms with Crippen molar-refractivity contribution in [1.82, 2.24) is 5.32 Å². The van der Waals surface area contributed by atoms with Gasteiger partial charge in [0.2, 0.25) is 0 Å². The number of aromatic carboxylic acids is 1. The van der Waals surface area contributed by atoms with Crippen LogP contribution >= 0.6 is 15.9 Å². The third kappa shape index (κ3) is 5.27. The van der Waals surface area contributed by atoms with Crippen molar-refractivity contribution in [2.75, 3.05) is 26.9 Å². The number of carbonyl (C=O) groups excluding carboxylic acids is 1. The second kappa shape index (κ2) is 7.75. The summed E-state index contributed by atoms with van der Waals surface area (Å²) in [4.78, 5) is 22.4. The van der Waals surface area contributed by atoms with Gasteiger partial charge in [-0.1, -0.05) is 15.9 Å². The van der Waals surface area contributed by atoms with Gasteiger partial charge < -0.3 is 19.9 Å². The van der Waals surface area contributed by atoms with E-state index in [2.05, 4.69) is 21.2 Å². The van der Waals surface area contributed by atoms with Crippen molar-refractivity contribution in [3.63, 3.8) is 0 Å². The van der Waals surface area contributed by atoms with Crippen molar-refractivity contribution in [2.24, 2.45) is 0 Å². The number of hydrogen-bond acceptors (Lipinski definition) is 4. The first-order valence-corrected chi connectivity index (χ1v) is 6.25. The maximum absolute atomic E-state index is 11.4. The minimum atomic E-state index is -1.11. The summed E-state index contributed by atoms with van der Waals surface area (Å²) in [5, 5.41) is 11.6. The normalized spacial score (nSPS) is 10.0. The van der Waals surface area contributed by atoms with Gasteiger partial charge in [0.15, 0.2) is 6.61 Å². The van der Waals surface area contributed by atoms with E-state index in [0.29, 0.717) is 17.6 Å². The van der Waals surface area contributed by atoms with Crippen LogP contribution < -0.4 is 10.1 Å². The van der Waals surface area contributed by atoms with Gasteiger partial charge in [0.1, 0.15) is 11.3 Å². The fourth-order valence-electron chi connectivity index (χ4n) is 1.28. The Bertz CT molecular complexity index is 463. The third-order valence-corrected chi connectivity index (χ3v) is 2.65. The molecule has 0 aliphatic carbocycles. The number of halogens is 1. The SMILES string of the molecule is COCCNC(=O)COc1cc(Br)ccc1C(=O)O. The van der Waals surface area contributed by atoms with Crippen molar-refractivity contribution in [3.8, 4) is 5.75 Å². The number of carbonyl (C=O) groups is 2. The van der Waals surface area contributed by atoms with E-state index in [9.17, 15) is 9.59 Å². The van der Waals surface area contributed by atoms with Crippen LogP contribution in [-0.2, 0) is 9.53 Å². The molecule has 0 spiro atoms. The standard InChI is InChI=1S/C12H14BrNO5/c1-18-5-4-14-11(15)7-19-10-6-8(13)2-3-9(10)12(16)17/h2-3,6H,4-5,7H2,1H3,(H,14,15)(H,16,17). The number of nitrogens with one attached hydrogen (secondary N) is 1. The van der Waals surface area contributed by atoms with Gasteiger partial charge in [-0.05, 0) is 18.2 Å². The molecule has 104 valence electrons. The van der Waals surface area contributed by atoms with Gasteiger partial charge in [-0.15, -0.1) is 0 Å². The lowest BCUT2D eigenvalue weighted by atomic mass is 10.2. The number of hydrogen-bond donors (Lipinski definition) is 2. The zero-order chi connectivity index (χ0) is 14.3. The summed E-state index contributed by atoms with van der Waals surface area (Å²) in [6.45, 7) is 0.534. The molecule has 0 heterocycles. The lowest BCUT2D eigenvalue weighted by Crippen LogP contribution is -2.31. The molecule has 19 heavy (non-hydrogen) atoms. The highest BCUT2D eigenvalue weighted by Crippen LogP contribution is 2.23. The van der Waals surface area contributed by atoms with Crippen LogP contribution in [0.25, 0.3) is 0 Å². The van der Waals surface area contributed by atoms with Gasteiger partial charge in [0, 0.05) is 18.1 Å².